The van der Waals surface area contributed by atoms with E-state index >= 15 is 0 Å². The van der Waals surface area contributed by atoms with Crippen LogP contribution in [0.4, 0.5) is 5.69 Å². The number of hydrogen-bond donors (Lipinski definition) is 1. The number of anilines is 1. The first-order valence-corrected chi connectivity index (χ1v) is 7.02. The van der Waals surface area contributed by atoms with Crippen molar-refractivity contribution in [2.75, 3.05) is 46.6 Å². The number of rotatable bonds is 7. The van der Waals surface area contributed by atoms with Crippen molar-refractivity contribution in [2.24, 2.45) is 0 Å². The minimum absolute atomic E-state index is 0.132. The van der Waals surface area contributed by atoms with Gasteiger partial charge in [-0.3, -0.25) is 4.79 Å². The lowest BCUT2D eigenvalue weighted by molar-refractivity contribution is -0.139. The summed E-state index contributed by atoms with van der Waals surface area (Å²) in [6.45, 7) is 1.13. The highest BCUT2D eigenvalue weighted by molar-refractivity contribution is 5.99. The molecule has 0 radical (unpaired) electrons. The third kappa shape index (κ3) is 3.95. The zero-order chi connectivity index (χ0) is 15.9. The normalized spacial score (nSPS) is 21.3. The molecule has 1 aromatic rings. The molecule has 7 nitrogen and oxygen atoms in total. The Balaban J connectivity index is 2.05. The van der Waals surface area contributed by atoms with Crippen LogP contribution in [0.15, 0.2) is 24.3 Å². The van der Waals surface area contributed by atoms with E-state index in [0.717, 1.165) is 0 Å². The lowest BCUT2D eigenvalue weighted by atomic mass is 10.1. The highest BCUT2D eigenvalue weighted by Crippen LogP contribution is 2.21. The smallest absolute Gasteiger partial charge is 0.256 e. The van der Waals surface area contributed by atoms with E-state index in [1.807, 2.05) is 0 Å². The molecule has 1 aliphatic heterocycles. The Hall–Kier alpha value is -1.67. The number of nitrogen functional groups attached to an aromatic ring is 1. The molecule has 7 heteroatoms. The van der Waals surface area contributed by atoms with E-state index in [4.69, 9.17) is 24.7 Å². The first-order valence-electron chi connectivity index (χ1n) is 7.02. The summed E-state index contributed by atoms with van der Waals surface area (Å²) in [5, 5.41) is 0. The predicted octanol–water partition coefficient (Wildman–Crippen LogP) is 0.703. The maximum absolute atomic E-state index is 12.6. The van der Waals surface area contributed by atoms with Crippen molar-refractivity contribution in [2.45, 2.75) is 12.2 Å². The number of benzene rings is 1. The van der Waals surface area contributed by atoms with Crippen LogP contribution in [0, 0.1) is 0 Å². The van der Waals surface area contributed by atoms with Gasteiger partial charge in [-0.15, -0.1) is 0 Å². The Labute approximate surface area is 129 Å². The van der Waals surface area contributed by atoms with Crippen LogP contribution in [-0.4, -0.2) is 63.9 Å². The molecule has 1 fully saturated rings. The van der Waals surface area contributed by atoms with E-state index in [1.165, 1.54) is 0 Å². The van der Waals surface area contributed by atoms with E-state index in [0.29, 0.717) is 24.3 Å². The number of nitrogens with two attached hydrogens (primary N) is 1. The van der Waals surface area contributed by atoms with Crippen LogP contribution >= 0.6 is 0 Å². The molecule has 2 rings (SSSR count). The highest BCUT2D eigenvalue weighted by Gasteiger charge is 2.37. The van der Waals surface area contributed by atoms with E-state index < -0.39 is 0 Å². The molecule has 1 saturated heterocycles. The lowest BCUT2D eigenvalue weighted by Gasteiger charge is -2.18. The van der Waals surface area contributed by atoms with Crippen LogP contribution in [0.5, 0.6) is 0 Å². The van der Waals surface area contributed by atoms with Gasteiger partial charge >= 0.3 is 0 Å². The SMILES string of the molecule is COCO[C@H]1CN(C(=O)c2ccccc2N)C[C@@H]1OCOC. The van der Waals surface area contributed by atoms with Crippen molar-refractivity contribution in [3.63, 3.8) is 0 Å². The molecule has 1 amide bonds. The van der Waals surface area contributed by atoms with Gasteiger partial charge < -0.3 is 29.6 Å². The molecule has 22 heavy (non-hydrogen) atoms. The van der Waals surface area contributed by atoms with Crippen molar-refractivity contribution in [3.05, 3.63) is 29.8 Å². The molecule has 0 spiro atoms. The van der Waals surface area contributed by atoms with Crippen molar-refractivity contribution in [3.8, 4) is 0 Å². The number of carbonyl (C=O) groups excluding carboxylic acids is 1. The van der Waals surface area contributed by atoms with Gasteiger partial charge in [-0.1, -0.05) is 12.1 Å². The van der Waals surface area contributed by atoms with Gasteiger partial charge in [0, 0.05) is 19.9 Å². The quantitative estimate of drug-likeness (QED) is 0.590. The summed E-state index contributed by atoms with van der Waals surface area (Å²) < 4.78 is 21.0. The predicted molar refractivity (Wildman–Crippen MR) is 80.3 cm³/mol. The van der Waals surface area contributed by atoms with Gasteiger partial charge in [0.05, 0.1) is 18.7 Å². The first kappa shape index (κ1) is 16.7. The maximum atomic E-state index is 12.6. The van der Waals surface area contributed by atoms with Gasteiger partial charge in [0.1, 0.15) is 25.8 Å². The van der Waals surface area contributed by atoms with Gasteiger partial charge in [-0.05, 0) is 12.1 Å². The second kappa shape index (κ2) is 8.09. The fraction of sp³-hybridized carbons (Fsp3) is 0.533. The topological polar surface area (TPSA) is 83.3 Å². The number of carbonyl (C=O) groups is 1. The van der Waals surface area contributed by atoms with E-state index in [1.54, 1.807) is 43.4 Å². The molecular formula is C15H22N2O5. The van der Waals surface area contributed by atoms with Crippen LogP contribution in [0.1, 0.15) is 10.4 Å². The summed E-state index contributed by atoms with van der Waals surface area (Å²) >= 11 is 0. The number of amides is 1. The van der Waals surface area contributed by atoms with Crippen molar-refractivity contribution >= 4 is 11.6 Å². The molecule has 1 aliphatic rings. The van der Waals surface area contributed by atoms with Crippen molar-refractivity contribution in [1.82, 2.24) is 4.90 Å². The van der Waals surface area contributed by atoms with Crippen LogP contribution < -0.4 is 5.73 Å². The van der Waals surface area contributed by atoms with Crippen molar-refractivity contribution in [1.29, 1.82) is 0 Å². The lowest BCUT2D eigenvalue weighted by Crippen LogP contribution is -2.31. The standard InChI is InChI=1S/C15H22N2O5/c1-19-9-21-13-7-17(8-14(13)22-10-20-2)15(18)11-5-3-4-6-12(11)16/h3-6,13-14H,7-10,16H2,1-2H3/t13-,14-/m0/s1. The van der Waals surface area contributed by atoms with Gasteiger partial charge in [0.2, 0.25) is 0 Å². The summed E-state index contributed by atoms with van der Waals surface area (Å²) in [7, 11) is 3.10. The minimum atomic E-state index is -0.260. The van der Waals surface area contributed by atoms with Crippen LogP contribution in [0.3, 0.4) is 0 Å². The third-order valence-electron chi connectivity index (χ3n) is 3.49. The largest absolute Gasteiger partial charge is 0.398 e. The molecule has 122 valence electrons. The van der Waals surface area contributed by atoms with Crippen LogP contribution in [0.25, 0.3) is 0 Å². The van der Waals surface area contributed by atoms with E-state index in [2.05, 4.69) is 0 Å². The monoisotopic (exact) mass is 310 g/mol. The first-order chi connectivity index (χ1) is 10.7. The minimum Gasteiger partial charge on any atom is -0.398 e. The van der Waals surface area contributed by atoms with Crippen molar-refractivity contribution < 1.29 is 23.7 Å². The second-order valence-electron chi connectivity index (χ2n) is 5.02. The third-order valence-corrected chi connectivity index (χ3v) is 3.49. The number of para-hydroxylation sites is 1. The fourth-order valence-corrected chi connectivity index (χ4v) is 2.40. The molecule has 1 aromatic carbocycles. The Morgan fingerprint density at radius 2 is 1.68 bits per heavy atom. The van der Waals surface area contributed by atoms with E-state index in [9.17, 15) is 4.79 Å². The molecule has 0 saturated carbocycles. The highest BCUT2D eigenvalue weighted by atomic mass is 16.7. The average Bonchev–Trinajstić information content (AvgIpc) is 2.93. The van der Waals surface area contributed by atoms with Crippen LogP contribution in [-0.2, 0) is 18.9 Å². The molecular weight excluding hydrogens is 288 g/mol. The molecule has 2 N–H and O–H groups in total. The van der Waals surface area contributed by atoms with Gasteiger partial charge in [-0.2, -0.15) is 0 Å². The Morgan fingerprint density at radius 1 is 1.14 bits per heavy atom. The number of ether oxygens (including phenoxy) is 4. The summed E-state index contributed by atoms with van der Waals surface area (Å²) in [6.07, 6.45) is -0.520. The summed E-state index contributed by atoms with van der Waals surface area (Å²) in [5.41, 5.74) is 6.82. The number of hydrogen-bond acceptors (Lipinski definition) is 6. The maximum Gasteiger partial charge on any atom is 0.256 e. The average molecular weight is 310 g/mol. The molecule has 0 bridgehead atoms. The Morgan fingerprint density at radius 3 is 2.18 bits per heavy atom. The molecule has 0 aliphatic carbocycles. The summed E-state index contributed by atoms with van der Waals surface area (Å²) in [4.78, 5) is 14.3. The molecule has 0 aromatic heterocycles. The van der Waals surface area contributed by atoms with E-state index in [-0.39, 0.29) is 31.7 Å². The number of likely N-dealkylation sites (tertiary alicyclic amines) is 1. The number of nitrogens with zero attached hydrogens (tertiary/aromatic N) is 1. The second-order valence-corrected chi connectivity index (χ2v) is 5.02. The summed E-state index contributed by atoms with van der Waals surface area (Å²) in [6, 6.07) is 7.01. The Bertz CT molecular complexity index is 481. The van der Waals surface area contributed by atoms with Gasteiger partial charge in [0.25, 0.3) is 5.91 Å². The summed E-state index contributed by atoms with van der Waals surface area (Å²) in [5.74, 6) is -0.132. The number of methoxy groups -OCH3 is 2. The zero-order valence-corrected chi connectivity index (χ0v) is 12.9. The van der Waals surface area contributed by atoms with Gasteiger partial charge in [-0.25, -0.2) is 0 Å². The Kier molecular flexibility index (Phi) is 6.14. The zero-order valence-electron chi connectivity index (χ0n) is 12.9. The van der Waals surface area contributed by atoms with Crippen LogP contribution in [0.2, 0.25) is 0 Å². The fourth-order valence-electron chi connectivity index (χ4n) is 2.40. The van der Waals surface area contributed by atoms with Gasteiger partial charge in [0.15, 0.2) is 0 Å². The molecule has 1 heterocycles. The molecule has 2 atom stereocenters. The molecule has 0 unspecified atom stereocenters.